The molecule has 1 saturated carbocycles. The van der Waals surface area contributed by atoms with Crippen molar-refractivity contribution in [2.75, 3.05) is 0 Å². The fourth-order valence-corrected chi connectivity index (χ4v) is 5.03. The van der Waals surface area contributed by atoms with Crippen LogP contribution in [0.5, 0.6) is 11.6 Å². The van der Waals surface area contributed by atoms with E-state index in [1.807, 2.05) is 54.9 Å². The van der Waals surface area contributed by atoms with Gasteiger partial charge in [-0.05, 0) is 41.5 Å². The summed E-state index contributed by atoms with van der Waals surface area (Å²) in [5, 5.41) is 2.30. The van der Waals surface area contributed by atoms with Gasteiger partial charge in [0, 0.05) is 64.9 Å². The topological polar surface area (TPSA) is 82.2 Å². The molecule has 0 spiro atoms. The first-order chi connectivity index (χ1) is 19.8. The van der Waals surface area contributed by atoms with Gasteiger partial charge in [0.1, 0.15) is 18.0 Å². The Hall–Kier alpha value is -4.75. The molecule has 0 radical (unpaired) electrons. The first-order valence-corrected chi connectivity index (χ1v) is 13.5. The highest BCUT2D eigenvalue weighted by Crippen LogP contribution is 2.31. The molecule has 198 valence electrons. The Morgan fingerprint density at radius 1 is 0.700 bits per heavy atom. The highest BCUT2D eigenvalue weighted by atomic mass is 16.5. The van der Waals surface area contributed by atoms with Gasteiger partial charge in [0.25, 0.3) is 0 Å². The van der Waals surface area contributed by atoms with Gasteiger partial charge >= 0.3 is 0 Å². The van der Waals surface area contributed by atoms with Gasteiger partial charge in [-0.3, -0.25) is 9.97 Å². The van der Waals surface area contributed by atoms with Crippen LogP contribution in [0.4, 0.5) is 0 Å². The molecule has 0 unspecified atom stereocenters. The number of pyridine rings is 3. The minimum absolute atomic E-state index is 0.0956. The Morgan fingerprint density at radius 2 is 1.57 bits per heavy atom. The summed E-state index contributed by atoms with van der Waals surface area (Å²) >= 11 is 0. The van der Waals surface area contributed by atoms with E-state index in [0.29, 0.717) is 19.1 Å². The van der Waals surface area contributed by atoms with E-state index in [4.69, 9.17) is 14.2 Å². The molecule has 2 aromatic carbocycles. The first kappa shape index (κ1) is 24.3. The van der Waals surface area contributed by atoms with Gasteiger partial charge < -0.3 is 19.2 Å². The number of fused-ring (bicyclic) bond motifs is 3. The molecule has 0 amide bonds. The fraction of sp³-hybridized carbons (Fsp3) is 0.182. The largest absolute Gasteiger partial charge is 0.489 e. The molecule has 7 heteroatoms. The van der Waals surface area contributed by atoms with Crippen LogP contribution >= 0.6 is 0 Å². The molecule has 40 heavy (non-hydrogen) atoms. The van der Waals surface area contributed by atoms with E-state index in [-0.39, 0.29) is 12.2 Å². The molecule has 1 N–H and O–H groups in total. The number of nitrogens with one attached hydrogen (secondary N) is 1. The number of hydrogen-bond acceptors (Lipinski definition) is 6. The summed E-state index contributed by atoms with van der Waals surface area (Å²) in [5.74, 6) is 1.40. The Kier molecular flexibility index (Phi) is 6.55. The lowest BCUT2D eigenvalue weighted by atomic mass is 9.92. The number of benzene rings is 2. The summed E-state index contributed by atoms with van der Waals surface area (Å²) < 4.78 is 17.9. The van der Waals surface area contributed by atoms with E-state index < -0.39 is 0 Å². The van der Waals surface area contributed by atoms with Gasteiger partial charge in [0.05, 0.1) is 25.1 Å². The van der Waals surface area contributed by atoms with Gasteiger partial charge in [-0.25, -0.2) is 4.98 Å². The van der Waals surface area contributed by atoms with Gasteiger partial charge in [0.2, 0.25) is 5.88 Å². The number of aromatic amines is 1. The van der Waals surface area contributed by atoms with E-state index in [0.717, 1.165) is 57.4 Å². The van der Waals surface area contributed by atoms with Crippen molar-refractivity contribution in [2.24, 2.45) is 0 Å². The second kappa shape index (κ2) is 10.8. The summed E-state index contributed by atoms with van der Waals surface area (Å²) in [6.45, 7) is 1.04. The number of ether oxygens (including phenoxy) is 3. The maximum atomic E-state index is 6.08. The van der Waals surface area contributed by atoms with Gasteiger partial charge in [0.15, 0.2) is 0 Å². The molecular formula is C33H28N4O3. The van der Waals surface area contributed by atoms with E-state index in [2.05, 4.69) is 56.3 Å². The van der Waals surface area contributed by atoms with E-state index in [9.17, 15) is 0 Å². The summed E-state index contributed by atoms with van der Waals surface area (Å²) in [5.41, 5.74) is 6.35. The molecule has 0 atom stereocenters. The molecule has 7 rings (SSSR count). The zero-order chi connectivity index (χ0) is 26.7. The fourth-order valence-electron chi connectivity index (χ4n) is 5.03. The summed E-state index contributed by atoms with van der Waals surface area (Å²) in [4.78, 5) is 16.7. The minimum Gasteiger partial charge on any atom is -0.489 e. The van der Waals surface area contributed by atoms with Crippen molar-refractivity contribution in [3.63, 3.8) is 0 Å². The van der Waals surface area contributed by atoms with Crippen LogP contribution in [0.15, 0.2) is 104 Å². The van der Waals surface area contributed by atoms with Crippen LogP contribution in [0.25, 0.3) is 32.9 Å². The van der Waals surface area contributed by atoms with Crippen molar-refractivity contribution in [1.82, 2.24) is 19.9 Å². The van der Waals surface area contributed by atoms with Gasteiger partial charge in [-0.2, -0.15) is 0 Å². The number of H-pyrrole nitrogens is 1. The predicted molar refractivity (Wildman–Crippen MR) is 154 cm³/mol. The van der Waals surface area contributed by atoms with Crippen LogP contribution in [-0.4, -0.2) is 32.1 Å². The lowest BCUT2D eigenvalue weighted by Crippen LogP contribution is -2.41. The maximum Gasteiger partial charge on any atom is 0.213 e. The van der Waals surface area contributed by atoms with E-state index in [1.165, 1.54) is 5.39 Å². The SMILES string of the molecule is c1ccc(COCc2ccc(O[C@H]3C[C@H](Oc4ccc(-c5ccc6c(c5)[nH]c5ccncc56)cn4)C3)cn2)cc1. The molecule has 1 aliphatic rings. The Labute approximate surface area is 231 Å². The molecule has 0 aliphatic heterocycles. The number of hydrogen-bond donors (Lipinski definition) is 1. The van der Waals surface area contributed by atoms with Crippen molar-refractivity contribution >= 4 is 21.8 Å². The molecular weight excluding hydrogens is 500 g/mol. The van der Waals surface area contributed by atoms with Crippen LogP contribution in [0.2, 0.25) is 0 Å². The van der Waals surface area contributed by atoms with Crippen molar-refractivity contribution in [1.29, 1.82) is 0 Å². The minimum atomic E-state index is 0.0956. The van der Waals surface area contributed by atoms with Crippen LogP contribution in [0.1, 0.15) is 24.1 Å². The predicted octanol–water partition coefficient (Wildman–Crippen LogP) is 6.88. The summed E-state index contributed by atoms with van der Waals surface area (Å²) in [7, 11) is 0. The van der Waals surface area contributed by atoms with Crippen LogP contribution < -0.4 is 9.47 Å². The van der Waals surface area contributed by atoms with Gasteiger partial charge in [-0.1, -0.05) is 42.5 Å². The molecule has 0 bridgehead atoms. The zero-order valence-corrected chi connectivity index (χ0v) is 21.9. The third-order valence-electron chi connectivity index (χ3n) is 7.27. The normalized spacial score (nSPS) is 16.6. The van der Waals surface area contributed by atoms with Crippen LogP contribution in [0.3, 0.4) is 0 Å². The molecule has 1 fully saturated rings. The van der Waals surface area contributed by atoms with Gasteiger partial charge in [-0.15, -0.1) is 0 Å². The zero-order valence-electron chi connectivity index (χ0n) is 21.9. The molecule has 4 heterocycles. The summed E-state index contributed by atoms with van der Waals surface area (Å²) in [6, 6.07) is 26.4. The Balaban J connectivity index is 0.888. The second-order valence-electron chi connectivity index (χ2n) is 10.1. The van der Waals surface area contributed by atoms with E-state index >= 15 is 0 Å². The molecule has 0 saturated heterocycles. The Morgan fingerprint density at radius 3 is 2.40 bits per heavy atom. The lowest BCUT2D eigenvalue weighted by Gasteiger charge is -2.34. The van der Waals surface area contributed by atoms with Crippen molar-refractivity contribution in [3.8, 4) is 22.8 Å². The average Bonchev–Trinajstić information content (AvgIpc) is 3.36. The van der Waals surface area contributed by atoms with E-state index in [1.54, 1.807) is 12.4 Å². The maximum absolute atomic E-state index is 6.08. The molecule has 1 aliphatic carbocycles. The van der Waals surface area contributed by atoms with Crippen LogP contribution in [-0.2, 0) is 18.0 Å². The highest BCUT2D eigenvalue weighted by Gasteiger charge is 2.33. The second-order valence-corrected chi connectivity index (χ2v) is 10.1. The average molecular weight is 529 g/mol. The lowest BCUT2D eigenvalue weighted by molar-refractivity contribution is 0.00204. The standard InChI is InChI=1S/C33H28N4O3/c1-2-4-22(5-3-1)20-38-21-25-8-9-26(18-35-25)39-27-15-28(16-27)40-33-11-7-24(17-36-33)23-6-10-29-30-19-34-13-12-31(30)37-32(29)14-23/h1-14,17-19,27-28,37H,15-16,20-21H2/t27-,28-. The van der Waals surface area contributed by atoms with Crippen molar-refractivity contribution in [2.45, 2.75) is 38.3 Å². The molecule has 6 aromatic rings. The van der Waals surface area contributed by atoms with Crippen molar-refractivity contribution < 1.29 is 14.2 Å². The number of nitrogens with zero attached hydrogens (tertiary/aromatic N) is 3. The number of aromatic nitrogens is 4. The van der Waals surface area contributed by atoms with Crippen LogP contribution in [0, 0.1) is 0 Å². The van der Waals surface area contributed by atoms with Crippen molar-refractivity contribution in [3.05, 3.63) is 115 Å². The molecule has 4 aromatic heterocycles. The highest BCUT2D eigenvalue weighted by molar-refractivity contribution is 6.07. The smallest absolute Gasteiger partial charge is 0.213 e. The quantitative estimate of drug-likeness (QED) is 0.220. The Bertz CT molecular complexity index is 1730. The third-order valence-corrected chi connectivity index (χ3v) is 7.27. The molecule has 7 nitrogen and oxygen atoms in total. The first-order valence-electron chi connectivity index (χ1n) is 13.5. The number of rotatable bonds is 9. The monoisotopic (exact) mass is 528 g/mol. The summed E-state index contributed by atoms with van der Waals surface area (Å²) in [6.07, 6.45) is 9.17. The third kappa shape index (κ3) is 5.24.